The third kappa shape index (κ3) is 0.676. The summed E-state index contributed by atoms with van der Waals surface area (Å²) in [6.07, 6.45) is 2.67. The number of aliphatic carboxylic acids is 1. The summed E-state index contributed by atoms with van der Waals surface area (Å²) in [4.78, 5) is 13.3. The van der Waals surface area contributed by atoms with Gasteiger partial charge < -0.3 is 5.11 Å². The van der Waals surface area contributed by atoms with Crippen LogP contribution in [0.5, 0.6) is 0 Å². The lowest BCUT2D eigenvalue weighted by Crippen LogP contribution is -2.17. The first-order valence-corrected chi connectivity index (χ1v) is 1.97. The molecule has 4 nitrogen and oxygen atoms in total. The Morgan fingerprint density at radius 2 is 2.38 bits per heavy atom. The molecule has 0 spiro atoms. The number of carboxylic acid groups (broad SMARTS) is 1. The zero-order chi connectivity index (χ0) is 5.98. The zero-order valence-electron chi connectivity index (χ0n) is 3.90. The van der Waals surface area contributed by atoms with Crippen molar-refractivity contribution in [2.45, 2.75) is 0 Å². The quantitative estimate of drug-likeness (QED) is 0.498. The maximum atomic E-state index is 9.94. The summed E-state index contributed by atoms with van der Waals surface area (Å²) < 4.78 is 0. The van der Waals surface area contributed by atoms with Gasteiger partial charge in [-0.3, -0.25) is 0 Å². The van der Waals surface area contributed by atoms with Gasteiger partial charge in [0.25, 0.3) is 0 Å². The first-order chi connectivity index (χ1) is 3.80. The van der Waals surface area contributed by atoms with Crippen LogP contribution in [0.4, 0.5) is 0 Å². The molecule has 1 rings (SSSR count). The lowest BCUT2D eigenvalue weighted by Gasteiger charge is -1.85. The van der Waals surface area contributed by atoms with E-state index in [2.05, 4.69) is 10.3 Å². The van der Waals surface area contributed by atoms with E-state index in [1.165, 1.54) is 12.4 Å². The molecular weight excluding hydrogens is 108 g/mol. The third-order valence-corrected chi connectivity index (χ3v) is 0.652. The summed E-state index contributed by atoms with van der Waals surface area (Å²) in [5, 5.41) is 11.6. The molecule has 0 saturated carbocycles. The van der Waals surface area contributed by atoms with Crippen molar-refractivity contribution in [2.75, 3.05) is 0 Å². The van der Waals surface area contributed by atoms with Crippen molar-refractivity contribution < 1.29 is 9.90 Å². The summed E-state index contributed by atoms with van der Waals surface area (Å²) in [7, 11) is 0. The highest BCUT2D eigenvalue weighted by Crippen LogP contribution is 1.87. The number of amidine groups is 1. The molecule has 41 valence electrons. The van der Waals surface area contributed by atoms with Crippen LogP contribution in [-0.2, 0) is 4.79 Å². The smallest absolute Gasteiger partial charge is 0.373 e. The number of carbonyl (C=O) groups is 1. The fraction of sp³-hybridized carbons (Fsp3) is 0. The van der Waals surface area contributed by atoms with Gasteiger partial charge in [0.2, 0.25) is 5.84 Å². The second-order valence-corrected chi connectivity index (χ2v) is 1.19. The van der Waals surface area contributed by atoms with Crippen LogP contribution < -0.4 is 5.32 Å². The molecule has 0 aromatic rings. The zero-order valence-corrected chi connectivity index (χ0v) is 3.90. The Hall–Kier alpha value is -1.32. The molecule has 0 amide bonds. The van der Waals surface area contributed by atoms with Gasteiger partial charge in [-0.1, -0.05) is 0 Å². The maximum Gasteiger partial charge on any atom is 0.373 e. The van der Waals surface area contributed by atoms with Crippen LogP contribution in [0.25, 0.3) is 0 Å². The van der Waals surface area contributed by atoms with Crippen molar-refractivity contribution in [3.05, 3.63) is 12.4 Å². The van der Waals surface area contributed by atoms with Gasteiger partial charge in [0.1, 0.15) is 0 Å². The SMILES string of the molecule is O=C(O)C1=NC=C[N]1. The minimum atomic E-state index is -1.09. The molecule has 1 aliphatic heterocycles. The van der Waals surface area contributed by atoms with Crippen molar-refractivity contribution >= 4 is 11.8 Å². The van der Waals surface area contributed by atoms with Gasteiger partial charge in [-0.15, -0.1) is 0 Å². The highest BCUT2D eigenvalue weighted by atomic mass is 16.4. The summed E-state index contributed by atoms with van der Waals surface area (Å²) >= 11 is 0. The van der Waals surface area contributed by atoms with E-state index in [1.54, 1.807) is 0 Å². The highest BCUT2D eigenvalue weighted by molar-refractivity contribution is 6.35. The molecule has 1 aliphatic rings. The molecule has 1 N–H and O–H groups in total. The van der Waals surface area contributed by atoms with E-state index >= 15 is 0 Å². The first kappa shape index (κ1) is 4.83. The van der Waals surface area contributed by atoms with Gasteiger partial charge in [-0.05, 0) is 0 Å². The van der Waals surface area contributed by atoms with Crippen molar-refractivity contribution in [2.24, 2.45) is 4.99 Å². The van der Waals surface area contributed by atoms with E-state index in [4.69, 9.17) is 5.11 Å². The number of hydrogen-bond acceptors (Lipinski definition) is 2. The standard InChI is InChI=1S/C4H3N2O2/c7-4(8)3-5-1-2-6-3/h1-2H,(H,7,8). The van der Waals surface area contributed by atoms with Crippen LogP contribution in [0.1, 0.15) is 0 Å². The summed E-state index contributed by atoms with van der Waals surface area (Å²) in [6, 6.07) is 0. The van der Waals surface area contributed by atoms with E-state index in [-0.39, 0.29) is 5.84 Å². The highest BCUT2D eigenvalue weighted by Gasteiger charge is 2.09. The van der Waals surface area contributed by atoms with Gasteiger partial charge in [0, 0.05) is 12.4 Å². The molecule has 0 aliphatic carbocycles. The van der Waals surface area contributed by atoms with Crippen LogP contribution in [0.15, 0.2) is 17.4 Å². The van der Waals surface area contributed by atoms with E-state index in [0.29, 0.717) is 0 Å². The Morgan fingerprint density at radius 1 is 1.62 bits per heavy atom. The molecule has 0 aromatic heterocycles. The minimum absolute atomic E-state index is 0.148. The Morgan fingerprint density at radius 3 is 2.62 bits per heavy atom. The van der Waals surface area contributed by atoms with Crippen LogP contribution in [0, 0.1) is 0 Å². The normalized spacial score (nSPS) is 15.2. The average Bonchev–Trinajstić information content (AvgIpc) is 2.12. The predicted octanol–water partition coefficient (Wildman–Crippen LogP) is -0.441. The van der Waals surface area contributed by atoms with E-state index < -0.39 is 5.97 Å². The number of nitrogens with zero attached hydrogens (tertiary/aromatic N) is 2. The Labute approximate surface area is 45.5 Å². The van der Waals surface area contributed by atoms with Gasteiger partial charge in [-0.25, -0.2) is 15.1 Å². The Bertz CT molecular complexity index is 171. The summed E-state index contributed by atoms with van der Waals surface area (Å²) in [5.41, 5.74) is 0. The van der Waals surface area contributed by atoms with Crippen molar-refractivity contribution in [3.8, 4) is 0 Å². The lowest BCUT2D eigenvalue weighted by molar-refractivity contribution is -0.129. The topological polar surface area (TPSA) is 63.8 Å². The predicted molar refractivity (Wildman–Crippen MR) is 26.3 cm³/mol. The van der Waals surface area contributed by atoms with Crippen LogP contribution in [0.3, 0.4) is 0 Å². The lowest BCUT2D eigenvalue weighted by atomic mass is 10.6. The van der Waals surface area contributed by atoms with Gasteiger partial charge >= 0.3 is 5.97 Å². The maximum absolute atomic E-state index is 9.94. The first-order valence-electron chi connectivity index (χ1n) is 1.97. The van der Waals surface area contributed by atoms with E-state index in [9.17, 15) is 4.79 Å². The fourth-order valence-corrected chi connectivity index (χ4v) is 0.352. The molecule has 0 bridgehead atoms. The van der Waals surface area contributed by atoms with Crippen molar-refractivity contribution in [1.29, 1.82) is 0 Å². The van der Waals surface area contributed by atoms with Crippen molar-refractivity contribution in [1.82, 2.24) is 5.32 Å². The Kier molecular flexibility index (Phi) is 0.997. The van der Waals surface area contributed by atoms with Crippen molar-refractivity contribution in [3.63, 3.8) is 0 Å². The van der Waals surface area contributed by atoms with E-state index in [0.717, 1.165) is 0 Å². The molecule has 0 unspecified atom stereocenters. The van der Waals surface area contributed by atoms with Crippen LogP contribution in [0.2, 0.25) is 0 Å². The molecular formula is C4H3N2O2. The van der Waals surface area contributed by atoms with Gasteiger partial charge in [-0.2, -0.15) is 0 Å². The van der Waals surface area contributed by atoms with Crippen LogP contribution in [-0.4, -0.2) is 16.9 Å². The largest absolute Gasteiger partial charge is 0.475 e. The molecule has 0 fully saturated rings. The number of rotatable bonds is 1. The molecule has 4 heteroatoms. The second-order valence-electron chi connectivity index (χ2n) is 1.19. The Balaban J connectivity index is 2.64. The molecule has 8 heavy (non-hydrogen) atoms. The number of hydrogen-bond donors (Lipinski definition) is 1. The number of carboxylic acids is 1. The van der Waals surface area contributed by atoms with E-state index in [1.807, 2.05) is 0 Å². The molecule has 0 saturated heterocycles. The van der Waals surface area contributed by atoms with Gasteiger partial charge in [0.05, 0.1) is 0 Å². The molecule has 0 aromatic carbocycles. The molecule has 1 heterocycles. The monoisotopic (exact) mass is 111 g/mol. The summed E-state index contributed by atoms with van der Waals surface area (Å²) in [6.45, 7) is 0. The third-order valence-electron chi connectivity index (χ3n) is 0.652. The molecule has 1 radical (unpaired) electrons. The minimum Gasteiger partial charge on any atom is -0.475 e. The molecule has 0 atom stereocenters. The summed E-state index contributed by atoms with van der Waals surface area (Å²) in [5.74, 6) is -1.24. The number of aliphatic imine (C=N–C) groups is 1. The van der Waals surface area contributed by atoms with Crippen LogP contribution >= 0.6 is 0 Å². The fourth-order valence-electron chi connectivity index (χ4n) is 0.352. The van der Waals surface area contributed by atoms with Gasteiger partial charge in [0.15, 0.2) is 0 Å². The second kappa shape index (κ2) is 1.65. The average molecular weight is 111 g/mol.